The Morgan fingerprint density at radius 1 is 0.276 bits per heavy atom. The lowest BCUT2D eigenvalue weighted by atomic mass is 10.0. The maximum Gasteiger partial charge on any atom is 0.306 e. The van der Waals surface area contributed by atoms with Crippen molar-refractivity contribution in [3.63, 3.8) is 0 Å². The molecule has 0 aliphatic rings. The highest BCUT2D eigenvalue weighted by Crippen LogP contribution is 2.16. The van der Waals surface area contributed by atoms with E-state index >= 15 is 0 Å². The Labute approximate surface area is 470 Å². The monoisotopic (exact) mass is 1050 g/mol. The van der Waals surface area contributed by atoms with E-state index in [0.717, 1.165) is 122 Å². The van der Waals surface area contributed by atoms with Gasteiger partial charge in [0.1, 0.15) is 13.2 Å². The van der Waals surface area contributed by atoms with E-state index in [1.54, 1.807) is 0 Å². The molecule has 0 aromatic heterocycles. The van der Waals surface area contributed by atoms with E-state index in [1.807, 2.05) is 0 Å². The van der Waals surface area contributed by atoms with Crippen molar-refractivity contribution in [2.75, 3.05) is 13.2 Å². The van der Waals surface area contributed by atoms with Gasteiger partial charge >= 0.3 is 17.9 Å². The van der Waals surface area contributed by atoms with Gasteiger partial charge < -0.3 is 14.2 Å². The van der Waals surface area contributed by atoms with Crippen molar-refractivity contribution in [3.8, 4) is 0 Å². The quantitative estimate of drug-likeness (QED) is 0.0261. The van der Waals surface area contributed by atoms with Crippen LogP contribution in [0.1, 0.15) is 297 Å². The van der Waals surface area contributed by atoms with Crippen molar-refractivity contribution in [3.05, 3.63) is 109 Å². The molecule has 0 heterocycles. The van der Waals surface area contributed by atoms with Crippen LogP contribution in [0.3, 0.4) is 0 Å². The normalized spacial score (nSPS) is 12.8. The fourth-order valence-electron chi connectivity index (χ4n) is 8.75. The summed E-state index contributed by atoms with van der Waals surface area (Å²) in [7, 11) is 0. The molecule has 0 aliphatic carbocycles. The molecule has 0 rings (SSSR count). The van der Waals surface area contributed by atoms with Crippen molar-refractivity contribution in [2.24, 2.45) is 0 Å². The van der Waals surface area contributed by atoms with Gasteiger partial charge in [-0.25, -0.2) is 0 Å². The molecule has 0 aromatic rings. The van der Waals surface area contributed by atoms with Crippen molar-refractivity contribution in [1.82, 2.24) is 0 Å². The summed E-state index contributed by atoms with van der Waals surface area (Å²) in [5, 5.41) is 0. The third-order valence-electron chi connectivity index (χ3n) is 13.5. The molecule has 0 amide bonds. The molecule has 1 atom stereocenters. The maximum absolute atomic E-state index is 12.9. The molecule has 0 radical (unpaired) electrons. The summed E-state index contributed by atoms with van der Waals surface area (Å²) in [5.74, 6) is -0.924. The fourth-order valence-corrected chi connectivity index (χ4v) is 8.75. The zero-order valence-electron chi connectivity index (χ0n) is 49.7. The van der Waals surface area contributed by atoms with Crippen LogP contribution in [0.5, 0.6) is 0 Å². The van der Waals surface area contributed by atoms with E-state index in [4.69, 9.17) is 14.2 Å². The Balaban J connectivity index is 4.44. The Morgan fingerprint density at radius 2 is 0.513 bits per heavy atom. The highest BCUT2D eigenvalue weighted by molar-refractivity contribution is 5.71. The van der Waals surface area contributed by atoms with E-state index in [1.165, 1.54) is 135 Å². The van der Waals surface area contributed by atoms with Crippen LogP contribution in [0.25, 0.3) is 0 Å². The van der Waals surface area contributed by atoms with Gasteiger partial charge in [0.2, 0.25) is 0 Å². The summed E-state index contributed by atoms with van der Waals surface area (Å²) < 4.78 is 16.9. The lowest BCUT2D eigenvalue weighted by Crippen LogP contribution is -2.30. The first-order valence-corrected chi connectivity index (χ1v) is 31.9. The summed E-state index contributed by atoms with van der Waals surface area (Å²) >= 11 is 0. The standard InChI is InChI=1S/C70H118O6/c1-4-7-10-13-16-19-22-25-28-31-32-33-34-35-36-37-38-40-42-45-48-51-54-57-60-63-69(72)75-66-67(65-74-68(71)62-59-56-53-50-47-44-41-30-27-24-21-18-15-12-9-6-3)76-70(73)64-61-58-55-52-49-46-43-39-29-26-23-20-17-14-11-8-5-2/h7,10,16-17,19-20,25-26,28-29,32-33,35-36,38,40,45,48,67H,4-6,8-9,11-15,18,21-24,27,30-31,34,37,39,41-44,46-47,49-66H2,1-3H3/b10-7-,19-16-,20-17-,28-25-,29-26-,33-32-,36-35-,40-38-,48-45-. The zero-order valence-corrected chi connectivity index (χ0v) is 49.7. The molecule has 0 saturated heterocycles. The molecule has 1 unspecified atom stereocenters. The van der Waals surface area contributed by atoms with Gasteiger partial charge in [-0.05, 0) is 109 Å². The van der Waals surface area contributed by atoms with Gasteiger partial charge in [0, 0.05) is 19.3 Å². The lowest BCUT2D eigenvalue weighted by Gasteiger charge is -2.18. The number of hydrogen-bond donors (Lipinski definition) is 0. The highest BCUT2D eigenvalue weighted by atomic mass is 16.6. The predicted molar refractivity (Wildman–Crippen MR) is 330 cm³/mol. The van der Waals surface area contributed by atoms with Gasteiger partial charge in [-0.1, -0.05) is 278 Å². The second kappa shape index (κ2) is 63.6. The minimum atomic E-state index is -0.798. The lowest BCUT2D eigenvalue weighted by molar-refractivity contribution is -0.167. The molecule has 0 fully saturated rings. The second-order valence-electron chi connectivity index (χ2n) is 20.9. The number of unbranched alkanes of at least 4 members (excludes halogenated alkanes) is 28. The first-order valence-electron chi connectivity index (χ1n) is 31.9. The van der Waals surface area contributed by atoms with E-state index in [2.05, 4.69) is 130 Å². The second-order valence-corrected chi connectivity index (χ2v) is 20.9. The van der Waals surface area contributed by atoms with Crippen LogP contribution >= 0.6 is 0 Å². The van der Waals surface area contributed by atoms with Gasteiger partial charge in [0.05, 0.1) is 0 Å². The molecule has 0 aromatic carbocycles. The number of ether oxygens (including phenoxy) is 3. The van der Waals surface area contributed by atoms with Crippen LogP contribution in [-0.4, -0.2) is 37.2 Å². The summed E-state index contributed by atoms with van der Waals surface area (Å²) in [5.41, 5.74) is 0. The summed E-state index contributed by atoms with van der Waals surface area (Å²) in [4.78, 5) is 38.3. The molecule has 0 bridgehead atoms. The van der Waals surface area contributed by atoms with Crippen LogP contribution in [0.4, 0.5) is 0 Å². The fraction of sp³-hybridized carbons (Fsp3) is 0.700. The molecule has 0 saturated carbocycles. The number of carbonyl (C=O) groups is 3. The van der Waals surface area contributed by atoms with Crippen LogP contribution in [0, 0.1) is 0 Å². The molecule has 0 spiro atoms. The van der Waals surface area contributed by atoms with Gasteiger partial charge in [0.15, 0.2) is 6.10 Å². The van der Waals surface area contributed by atoms with Gasteiger partial charge in [-0.3, -0.25) is 14.4 Å². The van der Waals surface area contributed by atoms with Crippen LogP contribution in [-0.2, 0) is 28.6 Å². The number of hydrogen-bond acceptors (Lipinski definition) is 6. The predicted octanol–water partition coefficient (Wildman–Crippen LogP) is 21.8. The van der Waals surface area contributed by atoms with E-state index in [9.17, 15) is 14.4 Å². The van der Waals surface area contributed by atoms with E-state index < -0.39 is 6.10 Å². The highest BCUT2D eigenvalue weighted by Gasteiger charge is 2.19. The van der Waals surface area contributed by atoms with Crippen molar-refractivity contribution < 1.29 is 28.6 Å². The number of rotatable bonds is 57. The number of esters is 3. The van der Waals surface area contributed by atoms with Crippen LogP contribution in [0.15, 0.2) is 109 Å². The summed E-state index contributed by atoms with van der Waals surface area (Å²) in [6.07, 6.45) is 86.5. The molecule has 0 N–H and O–H groups in total. The molecular weight excluding hydrogens is 937 g/mol. The van der Waals surface area contributed by atoms with Gasteiger partial charge in [0.25, 0.3) is 0 Å². The Kier molecular flexibility index (Phi) is 60.3. The summed E-state index contributed by atoms with van der Waals surface area (Å²) in [6.45, 7) is 6.49. The molecular formula is C70H118O6. The van der Waals surface area contributed by atoms with Gasteiger partial charge in [-0.15, -0.1) is 0 Å². The molecule has 434 valence electrons. The van der Waals surface area contributed by atoms with Crippen LogP contribution in [0.2, 0.25) is 0 Å². The largest absolute Gasteiger partial charge is 0.462 e. The average Bonchev–Trinajstić information content (AvgIpc) is 3.42. The number of allylic oxidation sites excluding steroid dienone is 18. The first kappa shape index (κ1) is 72.1. The third kappa shape index (κ3) is 60.9. The third-order valence-corrected chi connectivity index (χ3v) is 13.5. The van der Waals surface area contributed by atoms with E-state index in [0.29, 0.717) is 19.3 Å². The van der Waals surface area contributed by atoms with Crippen molar-refractivity contribution >= 4 is 17.9 Å². The first-order chi connectivity index (χ1) is 37.5. The molecule has 6 heteroatoms. The Bertz CT molecular complexity index is 1540. The SMILES string of the molecule is CC/C=C\C/C=C\C/C=C\C/C=C\C/C=C\C/C=C\C/C=C\CCCCCC(=O)OCC(COC(=O)CCCCCCCCCCCCCCCCCC)OC(=O)CCCCCCCCC/C=C\C/C=C\CCCCC. The van der Waals surface area contributed by atoms with Crippen LogP contribution < -0.4 is 0 Å². The topological polar surface area (TPSA) is 78.9 Å². The van der Waals surface area contributed by atoms with Gasteiger partial charge in [-0.2, -0.15) is 0 Å². The minimum absolute atomic E-state index is 0.0907. The van der Waals surface area contributed by atoms with Crippen molar-refractivity contribution in [2.45, 2.75) is 303 Å². The zero-order chi connectivity index (χ0) is 55.0. The summed E-state index contributed by atoms with van der Waals surface area (Å²) in [6, 6.07) is 0. The Hall–Kier alpha value is -3.93. The average molecular weight is 1060 g/mol. The number of carbonyl (C=O) groups excluding carboxylic acids is 3. The molecule has 6 nitrogen and oxygen atoms in total. The minimum Gasteiger partial charge on any atom is -0.462 e. The Morgan fingerprint density at radius 3 is 0.842 bits per heavy atom. The molecule has 76 heavy (non-hydrogen) atoms. The van der Waals surface area contributed by atoms with E-state index in [-0.39, 0.29) is 31.1 Å². The molecule has 0 aliphatic heterocycles. The van der Waals surface area contributed by atoms with Crippen molar-refractivity contribution in [1.29, 1.82) is 0 Å². The smallest absolute Gasteiger partial charge is 0.306 e. The maximum atomic E-state index is 12.9.